The molecule has 2 rings (SSSR count). The molecule has 1 saturated heterocycles. The highest BCUT2D eigenvalue weighted by Crippen LogP contribution is 2.51. The molecule has 1 fully saturated rings. The summed E-state index contributed by atoms with van der Waals surface area (Å²) < 4.78 is 40.0. The van der Waals surface area contributed by atoms with Crippen LogP contribution in [0.15, 0.2) is 17.1 Å². The Morgan fingerprint density at radius 1 is 1.14 bits per heavy atom. The predicted molar refractivity (Wildman–Crippen MR) is 131 cm³/mol. The van der Waals surface area contributed by atoms with Crippen LogP contribution in [0.3, 0.4) is 0 Å². The molecule has 15 heteroatoms. The van der Waals surface area contributed by atoms with Crippen LogP contribution < -0.4 is 11.4 Å². The Labute approximate surface area is 213 Å². The van der Waals surface area contributed by atoms with Gasteiger partial charge in [-0.1, -0.05) is 26.7 Å². The lowest BCUT2D eigenvalue weighted by Crippen LogP contribution is -2.25. The maximum Gasteiger partial charge on any atom is 0.475 e. The van der Waals surface area contributed by atoms with Crippen molar-refractivity contribution in [2.24, 2.45) is 0 Å². The number of hydrogen-bond acceptors (Lipinski definition) is 13. The number of unbranched alkanes of at least 4 members (excludes halogenated alkanes) is 2. The predicted octanol–water partition coefficient (Wildman–Crippen LogP) is 2.03. The third-order valence-corrected chi connectivity index (χ3v) is 7.86. The van der Waals surface area contributed by atoms with Crippen molar-refractivity contribution < 1.29 is 42.3 Å². The van der Waals surface area contributed by atoms with Gasteiger partial charge in [-0.05, 0) is 18.9 Å². The molecule has 204 valence electrons. The van der Waals surface area contributed by atoms with Gasteiger partial charge in [-0.25, -0.2) is 18.9 Å². The summed E-state index contributed by atoms with van der Waals surface area (Å²) in [5.74, 6) is -1.46. The number of carbonyl (C=O) groups excluding carboxylic acids is 2. The van der Waals surface area contributed by atoms with Gasteiger partial charge in [0.05, 0.1) is 36.5 Å². The molecule has 1 aliphatic rings. The number of aromatic nitrogens is 2. The summed E-state index contributed by atoms with van der Waals surface area (Å²) in [4.78, 5) is 39.6. The van der Waals surface area contributed by atoms with Crippen molar-refractivity contribution in [2.75, 3.05) is 38.8 Å². The van der Waals surface area contributed by atoms with Crippen LogP contribution in [0, 0.1) is 0 Å². The summed E-state index contributed by atoms with van der Waals surface area (Å²) in [6, 6.07) is 1.47. The maximum atomic E-state index is 13.1. The number of thioether (sulfide) groups is 1. The SMILES string of the molecule is CCCCOC(=O)COP(=O)(OCC(=O)OCCCC)OC[C@H]1S[C@@H](n2ccc(N)nc2=O)C[C@H]1O. The van der Waals surface area contributed by atoms with Gasteiger partial charge < -0.3 is 20.3 Å². The van der Waals surface area contributed by atoms with Crippen LogP contribution in [0.1, 0.15) is 51.3 Å². The van der Waals surface area contributed by atoms with E-state index in [0.717, 1.165) is 12.8 Å². The molecule has 0 aliphatic carbocycles. The Morgan fingerprint density at radius 2 is 1.72 bits per heavy atom. The van der Waals surface area contributed by atoms with Crippen LogP contribution in [0.4, 0.5) is 5.82 Å². The van der Waals surface area contributed by atoms with E-state index in [9.17, 15) is 24.1 Å². The smallest absolute Gasteiger partial charge is 0.464 e. The molecule has 0 spiro atoms. The molecule has 0 bridgehead atoms. The number of carbonyl (C=O) groups is 2. The molecule has 2 heterocycles. The van der Waals surface area contributed by atoms with Crippen molar-refractivity contribution in [1.29, 1.82) is 0 Å². The number of aliphatic hydroxyl groups excluding tert-OH is 1. The van der Waals surface area contributed by atoms with Gasteiger partial charge in [-0.2, -0.15) is 4.98 Å². The molecule has 1 aromatic rings. The number of esters is 2. The van der Waals surface area contributed by atoms with E-state index in [1.54, 1.807) is 0 Å². The molecule has 3 atom stereocenters. The van der Waals surface area contributed by atoms with Crippen molar-refractivity contribution in [3.05, 3.63) is 22.7 Å². The third kappa shape index (κ3) is 10.2. The van der Waals surface area contributed by atoms with Gasteiger partial charge >= 0.3 is 25.5 Å². The number of nitrogen functional groups attached to an aromatic ring is 1. The number of aliphatic hydroxyl groups is 1. The molecule has 0 unspecified atom stereocenters. The summed E-state index contributed by atoms with van der Waals surface area (Å²) in [5, 5.41) is 9.38. The van der Waals surface area contributed by atoms with Gasteiger partial charge in [0.25, 0.3) is 0 Å². The Kier molecular flexibility index (Phi) is 12.9. The van der Waals surface area contributed by atoms with Gasteiger partial charge in [-0.3, -0.25) is 18.1 Å². The van der Waals surface area contributed by atoms with Crippen LogP contribution in [-0.4, -0.2) is 71.0 Å². The zero-order valence-electron chi connectivity index (χ0n) is 20.4. The van der Waals surface area contributed by atoms with E-state index in [2.05, 4.69) is 4.98 Å². The van der Waals surface area contributed by atoms with Crippen LogP contribution in [0.5, 0.6) is 0 Å². The van der Waals surface area contributed by atoms with E-state index < -0.39 is 55.4 Å². The number of rotatable bonds is 16. The molecular formula is C21H34N3O10PS. The number of ether oxygens (including phenoxy) is 2. The largest absolute Gasteiger partial charge is 0.475 e. The minimum atomic E-state index is -4.42. The minimum absolute atomic E-state index is 0.0800. The normalized spacial score (nSPS) is 19.8. The standard InChI is InChI=1S/C21H34N3O10PS/c1-3-5-9-30-19(26)13-33-35(29,34-14-20(27)31-10-6-4-2)32-12-16-15(25)11-18(36-16)24-8-7-17(22)23-21(24)28/h7-8,15-16,18,25H,3-6,9-14H2,1-2H3,(H2,22,23,28)/t15-,16-,18-/m1/s1. The molecule has 1 aromatic heterocycles. The summed E-state index contributed by atoms with van der Waals surface area (Å²) >= 11 is 1.20. The minimum Gasteiger partial charge on any atom is -0.464 e. The summed E-state index contributed by atoms with van der Waals surface area (Å²) in [7, 11) is -4.42. The van der Waals surface area contributed by atoms with Crippen molar-refractivity contribution in [3.8, 4) is 0 Å². The number of phosphoric acid groups is 1. The molecule has 1 aliphatic heterocycles. The van der Waals surface area contributed by atoms with Gasteiger partial charge in [0.1, 0.15) is 5.82 Å². The van der Waals surface area contributed by atoms with Crippen LogP contribution in [0.25, 0.3) is 0 Å². The second-order valence-corrected chi connectivity index (χ2v) is 11.0. The van der Waals surface area contributed by atoms with E-state index in [4.69, 9.17) is 28.8 Å². The third-order valence-electron chi connectivity index (χ3n) is 4.97. The van der Waals surface area contributed by atoms with Crippen molar-refractivity contribution in [2.45, 2.75) is 62.7 Å². The number of phosphoric ester groups is 1. The van der Waals surface area contributed by atoms with Gasteiger partial charge in [0.2, 0.25) is 0 Å². The second-order valence-electron chi connectivity index (χ2n) is 7.91. The Balaban J connectivity index is 1.98. The van der Waals surface area contributed by atoms with E-state index in [-0.39, 0.29) is 32.1 Å². The number of nitrogens with zero attached hydrogens (tertiary/aromatic N) is 2. The van der Waals surface area contributed by atoms with Crippen molar-refractivity contribution in [1.82, 2.24) is 9.55 Å². The number of hydrogen-bond donors (Lipinski definition) is 2. The van der Waals surface area contributed by atoms with Crippen LogP contribution >= 0.6 is 19.6 Å². The molecule has 0 saturated carbocycles. The average Bonchev–Trinajstić information content (AvgIpc) is 3.21. The van der Waals surface area contributed by atoms with E-state index in [1.165, 1.54) is 28.6 Å². The average molecular weight is 552 g/mol. The summed E-state index contributed by atoms with van der Waals surface area (Å²) in [6.45, 7) is 2.47. The highest BCUT2D eigenvalue weighted by atomic mass is 32.2. The zero-order chi connectivity index (χ0) is 26.6. The van der Waals surface area contributed by atoms with E-state index in [0.29, 0.717) is 12.8 Å². The number of anilines is 1. The molecule has 3 N–H and O–H groups in total. The van der Waals surface area contributed by atoms with Crippen LogP contribution in [-0.2, 0) is 37.2 Å². The first-order chi connectivity index (χ1) is 17.2. The van der Waals surface area contributed by atoms with E-state index in [1.807, 2.05) is 13.8 Å². The fourth-order valence-electron chi connectivity index (χ4n) is 2.97. The molecule has 0 aromatic carbocycles. The quantitative estimate of drug-likeness (QED) is 0.173. The van der Waals surface area contributed by atoms with Crippen molar-refractivity contribution in [3.63, 3.8) is 0 Å². The summed E-state index contributed by atoms with van der Waals surface area (Å²) in [6.07, 6.45) is 3.71. The Bertz CT molecular complexity index is 932. The monoisotopic (exact) mass is 551 g/mol. The molecular weight excluding hydrogens is 517 g/mol. The van der Waals surface area contributed by atoms with Crippen molar-refractivity contribution >= 4 is 37.3 Å². The first-order valence-corrected chi connectivity index (χ1v) is 14.1. The van der Waals surface area contributed by atoms with Gasteiger partial charge in [0, 0.05) is 12.6 Å². The summed E-state index contributed by atoms with van der Waals surface area (Å²) in [5.41, 5.74) is 4.95. The van der Waals surface area contributed by atoms with Gasteiger partial charge in [-0.15, -0.1) is 11.8 Å². The molecule has 0 amide bonds. The maximum absolute atomic E-state index is 13.1. The lowest BCUT2D eigenvalue weighted by molar-refractivity contribution is -0.147. The molecule has 36 heavy (non-hydrogen) atoms. The Morgan fingerprint density at radius 3 is 2.25 bits per heavy atom. The molecule has 13 nitrogen and oxygen atoms in total. The number of nitrogens with two attached hydrogens (primary N) is 1. The fraction of sp³-hybridized carbons (Fsp3) is 0.714. The highest BCUT2D eigenvalue weighted by Gasteiger charge is 2.38. The van der Waals surface area contributed by atoms with Crippen LogP contribution in [0.2, 0.25) is 0 Å². The first kappa shape index (κ1) is 30.3. The zero-order valence-corrected chi connectivity index (χ0v) is 22.1. The topological polar surface area (TPSA) is 179 Å². The van der Waals surface area contributed by atoms with Gasteiger partial charge in [0.15, 0.2) is 13.2 Å². The lowest BCUT2D eigenvalue weighted by Gasteiger charge is -2.20. The molecule has 0 radical (unpaired) electrons. The second kappa shape index (κ2) is 15.3. The van der Waals surface area contributed by atoms with E-state index >= 15 is 0 Å². The lowest BCUT2D eigenvalue weighted by atomic mass is 10.2. The Hall–Kier alpha value is -1.96. The first-order valence-electron chi connectivity index (χ1n) is 11.7. The highest BCUT2D eigenvalue weighted by molar-refractivity contribution is 8.00. The fourth-order valence-corrected chi connectivity index (χ4v) is 5.60.